The van der Waals surface area contributed by atoms with Crippen LogP contribution in [0.1, 0.15) is 18.5 Å². The number of benzene rings is 1. The van der Waals surface area contributed by atoms with Gasteiger partial charge in [-0.15, -0.1) is 0 Å². The molecule has 0 aliphatic carbocycles. The predicted molar refractivity (Wildman–Crippen MR) is 109 cm³/mol. The van der Waals surface area contributed by atoms with Gasteiger partial charge in [0.25, 0.3) is 0 Å². The number of aliphatic imine (C=N–C) groups is 1. The van der Waals surface area contributed by atoms with Crippen molar-refractivity contribution in [1.29, 1.82) is 0 Å². The molecule has 0 atom stereocenters. The summed E-state index contributed by atoms with van der Waals surface area (Å²) in [5.74, 6) is -2.90. The number of aromatic nitrogens is 4. The van der Waals surface area contributed by atoms with E-state index in [2.05, 4.69) is 20.2 Å². The summed E-state index contributed by atoms with van der Waals surface area (Å²) in [6.45, 7) is 0. The first-order valence-electron chi connectivity index (χ1n) is 9.53. The molecule has 0 radical (unpaired) electrons. The molecular weight excluding hydrogens is 447 g/mol. The number of nitrogens with one attached hydrogen (secondary N) is 1. The highest BCUT2D eigenvalue weighted by Crippen LogP contribution is 2.33. The smallest absolute Gasteiger partial charge is 0.382 e. The van der Waals surface area contributed by atoms with Crippen LogP contribution in [-0.2, 0) is 4.79 Å². The second kappa shape index (κ2) is 8.45. The molecule has 3 aromatic heterocycles. The number of nitrogens with zero attached hydrogens (tertiary/aromatic N) is 4. The zero-order valence-corrected chi connectivity index (χ0v) is 16.7. The largest absolute Gasteiger partial charge is 0.389 e. The number of carbonyl (C=O) groups excluding carboxylic acids is 1. The maximum absolute atomic E-state index is 14.3. The zero-order chi connectivity index (χ0) is 23.8. The number of carbonyl (C=O) groups is 1. The Hall–Kier alpha value is -4.09. The average molecular weight is 462 g/mol. The second-order valence-electron chi connectivity index (χ2n) is 7.05. The molecule has 0 aliphatic heterocycles. The molecule has 4 rings (SSSR count). The van der Waals surface area contributed by atoms with E-state index in [-0.39, 0.29) is 22.8 Å². The molecule has 33 heavy (non-hydrogen) atoms. The third kappa shape index (κ3) is 4.59. The Morgan fingerprint density at radius 1 is 1.12 bits per heavy atom. The molecule has 4 aromatic rings. The molecule has 1 aromatic carbocycles. The summed E-state index contributed by atoms with van der Waals surface area (Å²) in [6, 6.07) is 6.71. The molecule has 0 aliphatic rings. The number of alkyl halides is 3. The van der Waals surface area contributed by atoms with Gasteiger partial charge in [-0.1, -0.05) is 6.07 Å². The van der Waals surface area contributed by atoms with Crippen molar-refractivity contribution >= 4 is 17.4 Å². The van der Waals surface area contributed by atoms with Crippen LogP contribution in [0.25, 0.3) is 28.0 Å². The predicted octanol–water partition coefficient (Wildman–Crippen LogP) is 4.24. The van der Waals surface area contributed by atoms with Crippen molar-refractivity contribution in [2.24, 2.45) is 10.7 Å². The van der Waals surface area contributed by atoms with Crippen LogP contribution in [0.4, 0.5) is 22.0 Å². The molecule has 0 saturated carbocycles. The summed E-state index contributed by atoms with van der Waals surface area (Å²) in [5, 5.41) is 6.49. The first-order valence-corrected chi connectivity index (χ1v) is 9.53. The van der Waals surface area contributed by atoms with Crippen LogP contribution in [0.2, 0.25) is 0 Å². The molecular formula is C21H15F5N6O. The summed E-state index contributed by atoms with van der Waals surface area (Å²) in [6.07, 6.45) is -2.40. The van der Waals surface area contributed by atoms with E-state index in [1.165, 1.54) is 29.1 Å². The third-order valence-corrected chi connectivity index (χ3v) is 4.80. The minimum atomic E-state index is -4.49. The van der Waals surface area contributed by atoms with E-state index in [4.69, 9.17) is 5.73 Å². The van der Waals surface area contributed by atoms with Crippen LogP contribution in [0, 0.1) is 11.6 Å². The van der Waals surface area contributed by atoms with Gasteiger partial charge in [0.05, 0.1) is 30.1 Å². The van der Waals surface area contributed by atoms with Gasteiger partial charge in [0.1, 0.15) is 23.0 Å². The van der Waals surface area contributed by atoms with Gasteiger partial charge in [-0.2, -0.15) is 23.3 Å². The minimum Gasteiger partial charge on any atom is -0.382 e. The quantitative estimate of drug-likeness (QED) is 0.263. The van der Waals surface area contributed by atoms with Crippen molar-refractivity contribution in [3.63, 3.8) is 0 Å². The Morgan fingerprint density at radius 2 is 1.85 bits per heavy atom. The average Bonchev–Trinajstić information content (AvgIpc) is 3.38. The van der Waals surface area contributed by atoms with Crippen LogP contribution < -0.4 is 5.73 Å². The number of aromatic amines is 1. The summed E-state index contributed by atoms with van der Waals surface area (Å²) >= 11 is 0. The van der Waals surface area contributed by atoms with Gasteiger partial charge in [-0.25, -0.2) is 13.8 Å². The van der Waals surface area contributed by atoms with Crippen LogP contribution in [0.15, 0.2) is 53.9 Å². The number of nitrogens with two attached hydrogens (primary N) is 1. The van der Waals surface area contributed by atoms with E-state index < -0.39 is 36.6 Å². The SMILES string of the molecule is NC(=NC(=O)CCC(F)(F)F)c1cnc2ccc(-c3cn[nH]c3-c3c(F)cccc3F)cn12. The summed E-state index contributed by atoms with van der Waals surface area (Å²) < 4.78 is 67.0. The van der Waals surface area contributed by atoms with Crippen molar-refractivity contribution in [3.05, 3.63) is 66.3 Å². The number of imidazole rings is 1. The lowest BCUT2D eigenvalue weighted by Gasteiger charge is -2.08. The fourth-order valence-corrected chi connectivity index (χ4v) is 3.26. The number of pyridine rings is 1. The lowest BCUT2D eigenvalue weighted by Crippen LogP contribution is -2.19. The van der Waals surface area contributed by atoms with Crippen molar-refractivity contribution in [2.75, 3.05) is 0 Å². The summed E-state index contributed by atoms with van der Waals surface area (Å²) in [7, 11) is 0. The van der Waals surface area contributed by atoms with Crippen molar-refractivity contribution in [2.45, 2.75) is 19.0 Å². The number of amides is 1. The van der Waals surface area contributed by atoms with E-state index in [1.807, 2.05) is 0 Å². The first-order chi connectivity index (χ1) is 15.6. The van der Waals surface area contributed by atoms with Gasteiger partial charge in [0.15, 0.2) is 5.84 Å². The molecule has 0 unspecified atom stereocenters. The molecule has 3 heterocycles. The van der Waals surface area contributed by atoms with Crippen LogP contribution in [-0.4, -0.2) is 37.5 Å². The lowest BCUT2D eigenvalue weighted by molar-refractivity contribution is -0.142. The molecule has 0 spiro atoms. The van der Waals surface area contributed by atoms with Gasteiger partial charge in [-0.05, 0) is 24.3 Å². The van der Waals surface area contributed by atoms with Crippen molar-refractivity contribution < 1.29 is 26.7 Å². The Labute approximate surface area is 182 Å². The molecule has 7 nitrogen and oxygen atoms in total. The highest BCUT2D eigenvalue weighted by Gasteiger charge is 2.28. The fourth-order valence-electron chi connectivity index (χ4n) is 3.26. The van der Waals surface area contributed by atoms with Gasteiger partial charge < -0.3 is 5.73 Å². The lowest BCUT2D eigenvalue weighted by atomic mass is 10.0. The minimum absolute atomic E-state index is 0.107. The van der Waals surface area contributed by atoms with Crippen LogP contribution >= 0.6 is 0 Å². The second-order valence-corrected chi connectivity index (χ2v) is 7.05. The van der Waals surface area contributed by atoms with E-state index in [0.29, 0.717) is 16.8 Å². The van der Waals surface area contributed by atoms with Gasteiger partial charge in [-0.3, -0.25) is 14.3 Å². The highest BCUT2D eigenvalue weighted by atomic mass is 19.4. The fraction of sp³-hybridized carbons (Fsp3) is 0.143. The van der Waals surface area contributed by atoms with Gasteiger partial charge in [0, 0.05) is 23.7 Å². The maximum atomic E-state index is 14.3. The zero-order valence-electron chi connectivity index (χ0n) is 16.7. The number of hydrogen-bond donors (Lipinski definition) is 2. The number of rotatable bonds is 5. The molecule has 0 fully saturated rings. The highest BCUT2D eigenvalue weighted by molar-refractivity contribution is 6.03. The van der Waals surface area contributed by atoms with E-state index in [0.717, 1.165) is 12.1 Å². The Morgan fingerprint density at radius 3 is 2.55 bits per heavy atom. The summed E-state index contributed by atoms with van der Waals surface area (Å²) in [5.41, 5.74) is 7.08. The van der Waals surface area contributed by atoms with E-state index in [9.17, 15) is 26.7 Å². The molecule has 3 N–H and O–H groups in total. The Bertz CT molecular complexity index is 1350. The molecule has 12 heteroatoms. The third-order valence-electron chi connectivity index (χ3n) is 4.80. The van der Waals surface area contributed by atoms with Crippen molar-refractivity contribution in [3.8, 4) is 22.4 Å². The molecule has 170 valence electrons. The Balaban J connectivity index is 1.72. The van der Waals surface area contributed by atoms with Gasteiger partial charge >= 0.3 is 6.18 Å². The number of amidine groups is 1. The van der Waals surface area contributed by atoms with E-state index in [1.54, 1.807) is 12.1 Å². The maximum Gasteiger partial charge on any atom is 0.389 e. The molecule has 1 amide bonds. The monoisotopic (exact) mass is 462 g/mol. The number of H-pyrrole nitrogens is 1. The van der Waals surface area contributed by atoms with Crippen molar-refractivity contribution in [1.82, 2.24) is 19.6 Å². The van der Waals surface area contributed by atoms with E-state index >= 15 is 0 Å². The van der Waals surface area contributed by atoms with Crippen LogP contribution in [0.3, 0.4) is 0 Å². The van der Waals surface area contributed by atoms with Gasteiger partial charge in [0.2, 0.25) is 5.91 Å². The Kier molecular flexibility index (Phi) is 5.66. The number of halogens is 5. The number of hydrogen-bond acceptors (Lipinski definition) is 3. The number of fused-ring (bicyclic) bond motifs is 1. The topological polar surface area (TPSA) is 101 Å². The van der Waals surface area contributed by atoms with Crippen LogP contribution in [0.5, 0.6) is 0 Å². The molecule has 0 saturated heterocycles. The molecule has 0 bridgehead atoms. The summed E-state index contributed by atoms with van der Waals surface area (Å²) in [4.78, 5) is 19.4. The normalized spacial score (nSPS) is 12.5. The standard InChI is InChI=1S/C21H15F5N6O/c22-13-2-1-3-14(23)18(13)19-12(8-29-31-19)11-4-5-16-28-9-15(32(16)10-11)20(27)30-17(33)6-7-21(24,25)26/h1-5,8-10H,6-7H2,(H,29,31)(H2,27,30,33). The first kappa shape index (κ1) is 22.1.